The number of pyridine rings is 1. The summed E-state index contributed by atoms with van der Waals surface area (Å²) in [6, 6.07) is 17.2. The highest BCUT2D eigenvalue weighted by Crippen LogP contribution is 2.30. The van der Waals surface area contributed by atoms with Crippen LogP contribution in [-0.4, -0.2) is 25.9 Å². The quantitative estimate of drug-likeness (QED) is 0.608. The summed E-state index contributed by atoms with van der Waals surface area (Å²) in [6.45, 7) is 6.23. The number of nitrogens with one attached hydrogen (secondary N) is 1. The minimum Gasteiger partial charge on any atom is -0.481 e. The topological polar surface area (TPSA) is 111 Å². The molecule has 3 N–H and O–H groups in total. The molecule has 0 radical (unpaired) electrons. The molecule has 0 aliphatic heterocycles. The summed E-state index contributed by atoms with van der Waals surface area (Å²) >= 11 is 0. The number of hydrogen-bond acceptors (Lipinski definition) is 5. The van der Waals surface area contributed by atoms with Gasteiger partial charge in [0.05, 0.1) is 4.90 Å². The maximum Gasteiger partial charge on any atom is 0.262 e. The van der Waals surface area contributed by atoms with E-state index in [4.69, 9.17) is 9.88 Å². The Bertz CT molecular complexity index is 1170. The summed E-state index contributed by atoms with van der Waals surface area (Å²) in [4.78, 5) is 16.7. The van der Waals surface area contributed by atoms with Crippen molar-refractivity contribution in [2.75, 3.05) is 11.9 Å². The minimum atomic E-state index is -3.78. The maximum absolute atomic E-state index is 12.3. The lowest BCUT2D eigenvalue weighted by Gasteiger charge is -2.19. The Hall–Kier alpha value is -3.23. The van der Waals surface area contributed by atoms with Crippen LogP contribution in [0.4, 0.5) is 5.69 Å². The number of anilines is 1. The third kappa shape index (κ3) is 5.90. The Balaban J connectivity index is 1.68. The van der Waals surface area contributed by atoms with Crippen molar-refractivity contribution in [1.29, 1.82) is 0 Å². The van der Waals surface area contributed by atoms with Crippen LogP contribution in [0.5, 0.6) is 5.75 Å². The van der Waals surface area contributed by atoms with Gasteiger partial charge in [-0.15, -0.1) is 0 Å². The fourth-order valence-corrected chi connectivity index (χ4v) is 3.44. The Kier molecular flexibility index (Phi) is 6.42. The number of aromatic nitrogens is 1. The summed E-state index contributed by atoms with van der Waals surface area (Å²) in [5.41, 5.74) is 3.23. The van der Waals surface area contributed by atoms with Crippen LogP contribution in [0.25, 0.3) is 11.3 Å². The molecule has 0 fully saturated rings. The monoisotopic (exact) mass is 439 g/mol. The number of amides is 1. The van der Waals surface area contributed by atoms with Gasteiger partial charge in [0.15, 0.2) is 6.61 Å². The van der Waals surface area contributed by atoms with E-state index in [9.17, 15) is 13.2 Å². The molecule has 31 heavy (non-hydrogen) atoms. The second kappa shape index (κ2) is 8.87. The number of rotatable bonds is 6. The Labute approximate surface area is 182 Å². The fraction of sp³-hybridized carbons (Fsp3) is 0.217. The van der Waals surface area contributed by atoms with Gasteiger partial charge in [-0.25, -0.2) is 13.6 Å². The number of benzene rings is 2. The van der Waals surface area contributed by atoms with E-state index >= 15 is 0 Å². The van der Waals surface area contributed by atoms with Crippen LogP contribution in [0.1, 0.15) is 26.3 Å². The summed E-state index contributed by atoms with van der Waals surface area (Å²) in [6.07, 6.45) is 1.67. The number of nitrogens with zero attached hydrogens (tertiary/aromatic N) is 1. The molecule has 8 heteroatoms. The largest absolute Gasteiger partial charge is 0.481 e. The van der Waals surface area contributed by atoms with E-state index in [0.29, 0.717) is 17.1 Å². The van der Waals surface area contributed by atoms with Crippen molar-refractivity contribution in [3.63, 3.8) is 0 Å². The van der Waals surface area contributed by atoms with Crippen molar-refractivity contribution in [3.05, 3.63) is 72.4 Å². The molecule has 1 aromatic heterocycles. The molecule has 0 saturated carbocycles. The number of ether oxygens (including phenoxy) is 1. The standard InChI is InChI=1S/C23H25N3O4S/c1-23(2,3)17-8-6-16(7-9-17)22-20(5-4-14-25-22)30-15-21(27)26-18-10-12-19(13-11-18)31(24,28)29/h4-14H,15H2,1-3H3,(H,26,27)(H2,24,28,29). The Morgan fingerprint density at radius 1 is 1.03 bits per heavy atom. The van der Waals surface area contributed by atoms with Gasteiger partial charge in [0.25, 0.3) is 5.91 Å². The SMILES string of the molecule is CC(C)(C)c1ccc(-c2ncccc2OCC(=O)Nc2ccc(S(N)(=O)=O)cc2)cc1. The normalized spacial score (nSPS) is 11.7. The molecular weight excluding hydrogens is 414 g/mol. The predicted octanol–water partition coefficient (Wildman–Crippen LogP) is 3.71. The van der Waals surface area contributed by atoms with Gasteiger partial charge in [-0.3, -0.25) is 9.78 Å². The number of carbonyl (C=O) groups excluding carboxylic acids is 1. The van der Waals surface area contributed by atoms with Gasteiger partial charge in [-0.2, -0.15) is 0 Å². The predicted molar refractivity (Wildman–Crippen MR) is 120 cm³/mol. The zero-order valence-corrected chi connectivity index (χ0v) is 18.4. The molecule has 3 rings (SSSR count). The van der Waals surface area contributed by atoms with E-state index in [1.54, 1.807) is 18.3 Å². The smallest absolute Gasteiger partial charge is 0.262 e. The van der Waals surface area contributed by atoms with Crippen LogP contribution in [0.15, 0.2) is 71.8 Å². The lowest BCUT2D eigenvalue weighted by molar-refractivity contribution is -0.118. The van der Waals surface area contributed by atoms with Crippen molar-refractivity contribution >= 4 is 21.6 Å². The Morgan fingerprint density at radius 3 is 2.26 bits per heavy atom. The number of primary sulfonamides is 1. The molecule has 2 aromatic carbocycles. The van der Waals surface area contributed by atoms with Crippen LogP contribution in [-0.2, 0) is 20.2 Å². The highest BCUT2D eigenvalue weighted by Gasteiger charge is 2.15. The van der Waals surface area contributed by atoms with Crippen LogP contribution in [0, 0.1) is 0 Å². The van der Waals surface area contributed by atoms with E-state index in [1.807, 2.05) is 12.1 Å². The average molecular weight is 440 g/mol. The van der Waals surface area contributed by atoms with Gasteiger partial charge < -0.3 is 10.1 Å². The number of hydrogen-bond donors (Lipinski definition) is 2. The van der Waals surface area contributed by atoms with Gasteiger partial charge in [0, 0.05) is 17.4 Å². The van der Waals surface area contributed by atoms with Crippen LogP contribution < -0.4 is 15.2 Å². The molecule has 0 aliphatic rings. The summed E-state index contributed by atoms with van der Waals surface area (Å²) < 4.78 is 28.3. The second-order valence-corrected chi connectivity index (χ2v) is 9.65. The van der Waals surface area contributed by atoms with E-state index < -0.39 is 10.0 Å². The molecule has 7 nitrogen and oxygen atoms in total. The highest BCUT2D eigenvalue weighted by molar-refractivity contribution is 7.89. The lowest BCUT2D eigenvalue weighted by atomic mass is 9.86. The number of carbonyl (C=O) groups is 1. The van der Waals surface area contributed by atoms with E-state index in [2.05, 4.69) is 43.2 Å². The first-order chi connectivity index (χ1) is 14.5. The zero-order valence-electron chi connectivity index (χ0n) is 17.6. The first kappa shape index (κ1) is 22.5. The molecule has 0 unspecified atom stereocenters. The first-order valence-corrected chi connectivity index (χ1v) is 11.2. The highest BCUT2D eigenvalue weighted by atomic mass is 32.2. The maximum atomic E-state index is 12.3. The molecule has 162 valence electrons. The van der Waals surface area contributed by atoms with Crippen LogP contribution >= 0.6 is 0 Å². The van der Waals surface area contributed by atoms with Crippen molar-refractivity contribution in [3.8, 4) is 17.0 Å². The molecule has 0 aliphatic carbocycles. The third-order valence-electron chi connectivity index (χ3n) is 4.62. The van der Waals surface area contributed by atoms with E-state index in [1.165, 1.54) is 29.8 Å². The van der Waals surface area contributed by atoms with E-state index in [-0.39, 0.29) is 22.8 Å². The zero-order chi connectivity index (χ0) is 22.6. The molecule has 0 spiro atoms. The molecule has 1 amide bonds. The summed E-state index contributed by atoms with van der Waals surface area (Å²) in [5.74, 6) is 0.104. The van der Waals surface area contributed by atoms with Crippen molar-refractivity contribution < 1.29 is 17.9 Å². The van der Waals surface area contributed by atoms with Gasteiger partial charge in [-0.05, 0) is 47.4 Å². The number of sulfonamides is 1. The second-order valence-electron chi connectivity index (χ2n) is 8.08. The summed E-state index contributed by atoms with van der Waals surface area (Å²) in [7, 11) is -3.78. The lowest BCUT2D eigenvalue weighted by Crippen LogP contribution is -2.20. The first-order valence-electron chi connectivity index (χ1n) is 9.65. The minimum absolute atomic E-state index is 0.0285. The van der Waals surface area contributed by atoms with Crippen molar-refractivity contribution in [2.45, 2.75) is 31.1 Å². The summed E-state index contributed by atoms with van der Waals surface area (Å²) in [5, 5.41) is 7.72. The van der Waals surface area contributed by atoms with Crippen LogP contribution in [0.3, 0.4) is 0 Å². The molecule has 0 atom stereocenters. The van der Waals surface area contributed by atoms with Crippen molar-refractivity contribution in [2.24, 2.45) is 5.14 Å². The van der Waals surface area contributed by atoms with Crippen molar-refractivity contribution in [1.82, 2.24) is 4.98 Å². The fourth-order valence-electron chi connectivity index (χ4n) is 2.92. The number of nitrogens with two attached hydrogens (primary N) is 1. The molecule has 3 aromatic rings. The third-order valence-corrected chi connectivity index (χ3v) is 5.55. The molecule has 0 bridgehead atoms. The van der Waals surface area contributed by atoms with E-state index in [0.717, 1.165) is 5.56 Å². The molecular formula is C23H25N3O4S. The molecule has 0 saturated heterocycles. The van der Waals surface area contributed by atoms with Gasteiger partial charge in [0.1, 0.15) is 11.4 Å². The van der Waals surface area contributed by atoms with Gasteiger partial charge in [-0.1, -0.05) is 45.0 Å². The molecule has 1 heterocycles. The van der Waals surface area contributed by atoms with Gasteiger partial charge >= 0.3 is 0 Å². The van der Waals surface area contributed by atoms with Gasteiger partial charge in [0.2, 0.25) is 10.0 Å². The average Bonchev–Trinajstić information content (AvgIpc) is 2.72. The van der Waals surface area contributed by atoms with Crippen LogP contribution in [0.2, 0.25) is 0 Å². The Morgan fingerprint density at radius 2 is 1.68 bits per heavy atom.